The van der Waals surface area contributed by atoms with Gasteiger partial charge in [0.1, 0.15) is 5.82 Å². The summed E-state index contributed by atoms with van der Waals surface area (Å²) in [6, 6.07) is 15.5. The van der Waals surface area contributed by atoms with Crippen LogP contribution in [0.15, 0.2) is 53.5 Å². The summed E-state index contributed by atoms with van der Waals surface area (Å²) in [7, 11) is 0. The van der Waals surface area contributed by atoms with E-state index < -0.39 is 0 Å². The fraction of sp³-hybridized carbons (Fsp3) is 0.458. The molecule has 2 heterocycles. The number of anilines is 2. The molecule has 174 valence electrons. The molecule has 0 atom stereocenters. The monoisotopic (exact) mass is 553 g/mol. The molecule has 0 radical (unpaired) electrons. The van der Waals surface area contributed by atoms with Crippen LogP contribution in [0.25, 0.3) is 0 Å². The third-order valence-corrected chi connectivity index (χ3v) is 5.85. The van der Waals surface area contributed by atoms with Crippen LogP contribution in [0.2, 0.25) is 0 Å². The SMILES string of the molecule is CCNC(=NCc1ccccc1N1CCOCC1)N1CCN(c2ccccc2F)CC1.I. The lowest BCUT2D eigenvalue weighted by molar-refractivity contribution is 0.122. The minimum absolute atomic E-state index is 0. The minimum Gasteiger partial charge on any atom is -0.378 e. The van der Waals surface area contributed by atoms with Crippen LogP contribution < -0.4 is 15.1 Å². The van der Waals surface area contributed by atoms with Crippen molar-refractivity contribution in [2.45, 2.75) is 13.5 Å². The van der Waals surface area contributed by atoms with Gasteiger partial charge in [0.2, 0.25) is 0 Å². The van der Waals surface area contributed by atoms with Crippen LogP contribution in [0.3, 0.4) is 0 Å². The molecule has 0 saturated carbocycles. The average molecular weight is 553 g/mol. The lowest BCUT2D eigenvalue weighted by Crippen LogP contribution is -2.52. The van der Waals surface area contributed by atoms with E-state index in [1.807, 2.05) is 12.1 Å². The van der Waals surface area contributed by atoms with E-state index >= 15 is 0 Å². The molecule has 0 unspecified atom stereocenters. The van der Waals surface area contributed by atoms with Crippen molar-refractivity contribution in [1.82, 2.24) is 10.2 Å². The van der Waals surface area contributed by atoms with Crippen LogP contribution in [0.1, 0.15) is 12.5 Å². The van der Waals surface area contributed by atoms with Gasteiger partial charge >= 0.3 is 0 Å². The summed E-state index contributed by atoms with van der Waals surface area (Å²) in [5, 5.41) is 3.44. The van der Waals surface area contributed by atoms with E-state index in [-0.39, 0.29) is 29.8 Å². The van der Waals surface area contributed by atoms with Crippen molar-refractivity contribution in [1.29, 1.82) is 0 Å². The highest BCUT2D eigenvalue weighted by atomic mass is 127. The number of piperazine rings is 1. The van der Waals surface area contributed by atoms with Gasteiger partial charge in [0.05, 0.1) is 25.4 Å². The van der Waals surface area contributed by atoms with Crippen molar-refractivity contribution in [2.24, 2.45) is 4.99 Å². The Labute approximate surface area is 207 Å². The van der Waals surface area contributed by atoms with E-state index in [0.29, 0.717) is 12.2 Å². The van der Waals surface area contributed by atoms with Gasteiger partial charge in [0, 0.05) is 51.5 Å². The van der Waals surface area contributed by atoms with Crippen molar-refractivity contribution in [2.75, 3.05) is 68.8 Å². The number of nitrogens with zero attached hydrogens (tertiary/aromatic N) is 4. The zero-order chi connectivity index (χ0) is 21.5. The molecule has 0 amide bonds. The molecule has 2 aromatic carbocycles. The quantitative estimate of drug-likeness (QED) is 0.349. The Morgan fingerprint density at radius 3 is 2.22 bits per heavy atom. The number of ether oxygens (including phenoxy) is 1. The topological polar surface area (TPSA) is 43.3 Å². The first-order valence-corrected chi connectivity index (χ1v) is 11.2. The molecule has 2 fully saturated rings. The Morgan fingerprint density at radius 2 is 1.53 bits per heavy atom. The number of aliphatic imine (C=N–C) groups is 1. The number of rotatable bonds is 5. The first-order valence-electron chi connectivity index (χ1n) is 11.2. The summed E-state index contributed by atoms with van der Waals surface area (Å²) in [6.07, 6.45) is 0. The largest absolute Gasteiger partial charge is 0.378 e. The van der Waals surface area contributed by atoms with E-state index in [2.05, 4.69) is 51.2 Å². The number of benzene rings is 2. The maximum absolute atomic E-state index is 14.1. The van der Waals surface area contributed by atoms with Crippen molar-refractivity contribution >= 4 is 41.3 Å². The second-order valence-electron chi connectivity index (χ2n) is 7.82. The molecule has 4 rings (SSSR count). The van der Waals surface area contributed by atoms with Crippen molar-refractivity contribution in [3.8, 4) is 0 Å². The third-order valence-electron chi connectivity index (χ3n) is 5.85. The molecule has 8 heteroatoms. The summed E-state index contributed by atoms with van der Waals surface area (Å²) >= 11 is 0. The first kappa shape index (κ1) is 24.6. The van der Waals surface area contributed by atoms with Crippen LogP contribution in [-0.4, -0.2) is 69.9 Å². The molecule has 2 aliphatic rings. The van der Waals surface area contributed by atoms with Crippen molar-refractivity contribution in [3.63, 3.8) is 0 Å². The molecular weight excluding hydrogens is 520 g/mol. The number of morpholine rings is 1. The molecule has 0 spiro atoms. The van der Waals surface area contributed by atoms with Crippen LogP contribution in [0, 0.1) is 5.82 Å². The maximum Gasteiger partial charge on any atom is 0.194 e. The van der Waals surface area contributed by atoms with Gasteiger partial charge in [-0.05, 0) is 30.7 Å². The Balaban J connectivity index is 0.00000289. The van der Waals surface area contributed by atoms with Gasteiger partial charge in [-0.25, -0.2) is 9.38 Å². The minimum atomic E-state index is -0.156. The molecule has 32 heavy (non-hydrogen) atoms. The second-order valence-corrected chi connectivity index (χ2v) is 7.82. The predicted molar refractivity (Wildman–Crippen MR) is 140 cm³/mol. The Hall–Kier alpha value is -2.07. The predicted octanol–water partition coefficient (Wildman–Crippen LogP) is 3.57. The van der Waals surface area contributed by atoms with E-state index in [9.17, 15) is 4.39 Å². The number of guanidine groups is 1. The number of hydrogen-bond acceptors (Lipinski definition) is 4. The average Bonchev–Trinajstić information content (AvgIpc) is 2.83. The number of nitrogens with one attached hydrogen (secondary N) is 1. The van der Waals surface area contributed by atoms with Gasteiger partial charge in [-0.1, -0.05) is 30.3 Å². The van der Waals surface area contributed by atoms with Gasteiger partial charge in [0.15, 0.2) is 5.96 Å². The standard InChI is InChI=1S/C24H32FN5O.HI/c1-2-26-24(30-13-11-28(12-14-30)23-10-6-4-8-21(23)25)27-19-20-7-3-5-9-22(20)29-15-17-31-18-16-29;/h3-10H,2,11-19H2,1H3,(H,26,27);1H. The highest BCUT2D eigenvalue weighted by Gasteiger charge is 2.22. The van der Waals surface area contributed by atoms with Crippen LogP contribution in [0.4, 0.5) is 15.8 Å². The van der Waals surface area contributed by atoms with Crippen LogP contribution in [-0.2, 0) is 11.3 Å². The summed E-state index contributed by atoms with van der Waals surface area (Å²) in [4.78, 5) is 11.7. The summed E-state index contributed by atoms with van der Waals surface area (Å²) in [5.41, 5.74) is 3.16. The molecule has 0 aromatic heterocycles. The number of para-hydroxylation sites is 2. The van der Waals surface area contributed by atoms with E-state index in [0.717, 1.165) is 65.0 Å². The van der Waals surface area contributed by atoms with Gasteiger partial charge in [-0.2, -0.15) is 0 Å². The van der Waals surface area contributed by atoms with Crippen molar-refractivity contribution < 1.29 is 9.13 Å². The Kier molecular flexibility index (Phi) is 9.40. The molecule has 1 N–H and O–H groups in total. The Morgan fingerprint density at radius 1 is 0.906 bits per heavy atom. The van der Waals surface area contributed by atoms with Crippen LogP contribution in [0.5, 0.6) is 0 Å². The third kappa shape index (κ3) is 6.04. The number of hydrogen-bond donors (Lipinski definition) is 1. The Bertz CT molecular complexity index is 882. The lowest BCUT2D eigenvalue weighted by atomic mass is 10.1. The highest BCUT2D eigenvalue weighted by Crippen LogP contribution is 2.23. The van der Waals surface area contributed by atoms with E-state index in [1.54, 1.807) is 6.07 Å². The molecule has 0 bridgehead atoms. The molecule has 2 aliphatic heterocycles. The highest BCUT2D eigenvalue weighted by molar-refractivity contribution is 14.0. The molecule has 2 saturated heterocycles. The fourth-order valence-electron chi connectivity index (χ4n) is 4.21. The zero-order valence-corrected chi connectivity index (χ0v) is 21.0. The molecule has 0 aliphatic carbocycles. The molecule has 2 aromatic rings. The lowest BCUT2D eigenvalue weighted by Gasteiger charge is -2.37. The maximum atomic E-state index is 14.1. The first-order chi connectivity index (χ1) is 15.3. The molecule has 6 nitrogen and oxygen atoms in total. The van der Waals surface area contributed by atoms with E-state index in [4.69, 9.17) is 9.73 Å². The number of halogens is 2. The van der Waals surface area contributed by atoms with E-state index in [1.165, 1.54) is 17.3 Å². The summed E-state index contributed by atoms with van der Waals surface area (Å²) in [6.45, 7) is 10.1. The van der Waals surface area contributed by atoms with Gasteiger partial charge < -0.3 is 24.8 Å². The normalized spacial score (nSPS) is 17.2. The zero-order valence-electron chi connectivity index (χ0n) is 18.7. The van der Waals surface area contributed by atoms with Gasteiger partial charge in [-0.15, -0.1) is 24.0 Å². The second kappa shape index (κ2) is 12.2. The summed E-state index contributed by atoms with van der Waals surface area (Å²) in [5.74, 6) is 0.767. The van der Waals surface area contributed by atoms with Gasteiger partial charge in [0.25, 0.3) is 0 Å². The molecular formula is C24H33FIN5O. The fourth-order valence-corrected chi connectivity index (χ4v) is 4.21. The van der Waals surface area contributed by atoms with Crippen LogP contribution >= 0.6 is 24.0 Å². The van der Waals surface area contributed by atoms with Gasteiger partial charge in [-0.3, -0.25) is 0 Å². The smallest absolute Gasteiger partial charge is 0.194 e. The summed E-state index contributed by atoms with van der Waals surface area (Å²) < 4.78 is 19.7. The van der Waals surface area contributed by atoms with Crippen molar-refractivity contribution in [3.05, 3.63) is 59.9 Å².